The molecule has 2 rings (SSSR count). The van der Waals surface area contributed by atoms with Crippen molar-refractivity contribution in [1.29, 1.82) is 0 Å². The Kier molecular flexibility index (Phi) is 5.75. The number of rotatable bonds is 5. The normalized spacial score (nSPS) is 15.4. The van der Waals surface area contributed by atoms with Gasteiger partial charge >= 0.3 is 0 Å². The van der Waals surface area contributed by atoms with Crippen molar-refractivity contribution >= 4 is 11.6 Å². The second kappa shape index (κ2) is 7.77. The van der Waals surface area contributed by atoms with E-state index in [1.807, 2.05) is 0 Å². The highest BCUT2D eigenvalue weighted by Gasteiger charge is 2.16. The number of nitro benzene ring substituents is 1. The predicted molar refractivity (Wildman–Crippen MR) is 87.9 cm³/mol. The quantitative estimate of drug-likeness (QED) is 0.393. The molecule has 1 aromatic carbocycles. The average molecular weight is 304 g/mol. The van der Waals surface area contributed by atoms with Crippen molar-refractivity contribution < 1.29 is 4.92 Å². The lowest BCUT2D eigenvalue weighted by atomic mass is 10.2. The van der Waals surface area contributed by atoms with Crippen LogP contribution < -0.4 is 5.32 Å². The standard InChI is InChI=1S/C16H24N4O2/c1-13(2)11-17-16(19-9-3-4-10-19)18-12-14-5-7-15(8-6-14)20(21)22/h5-8,13H,3-4,9-12H2,1-2H3,(H,17,18). The number of nitrogens with zero attached hydrogens (tertiary/aromatic N) is 3. The number of non-ortho nitro benzene ring substituents is 1. The lowest BCUT2D eigenvalue weighted by molar-refractivity contribution is -0.384. The molecule has 0 radical (unpaired) electrons. The van der Waals surface area contributed by atoms with Crippen molar-refractivity contribution in [3.05, 3.63) is 39.9 Å². The highest BCUT2D eigenvalue weighted by Crippen LogP contribution is 2.13. The molecule has 1 saturated heterocycles. The second-order valence-corrected chi connectivity index (χ2v) is 6.03. The summed E-state index contributed by atoms with van der Waals surface area (Å²) in [5, 5.41) is 14.1. The molecule has 120 valence electrons. The van der Waals surface area contributed by atoms with E-state index in [4.69, 9.17) is 0 Å². The van der Waals surface area contributed by atoms with Gasteiger partial charge in [0.2, 0.25) is 0 Å². The summed E-state index contributed by atoms with van der Waals surface area (Å²) in [6.45, 7) is 7.87. The molecule has 6 heteroatoms. The molecule has 1 heterocycles. The molecule has 0 aromatic heterocycles. The molecule has 22 heavy (non-hydrogen) atoms. The molecule has 1 aliphatic heterocycles. The van der Waals surface area contributed by atoms with Gasteiger partial charge in [0.25, 0.3) is 5.69 Å². The molecule has 1 aliphatic rings. The molecule has 0 atom stereocenters. The van der Waals surface area contributed by atoms with Gasteiger partial charge in [-0.2, -0.15) is 0 Å². The van der Waals surface area contributed by atoms with E-state index in [1.165, 1.54) is 25.0 Å². The van der Waals surface area contributed by atoms with Crippen LogP contribution in [0.4, 0.5) is 5.69 Å². The van der Waals surface area contributed by atoms with Gasteiger partial charge in [-0.3, -0.25) is 10.1 Å². The number of hydrogen-bond donors (Lipinski definition) is 1. The van der Waals surface area contributed by atoms with Crippen molar-refractivity contribution in [3.63, 3.8) is 0 Å². The summed E-state index contributed by atoms with van der Waals surface area (Å²) in [6.07, 6.45) is 2.42. The zero-order valence-electron chi connectivity index (χ0n) is 13.3. The third kappa shape index (κ3) is 4.72. The molecule has 0 spiro atoms. The van der Waals surface area contributed by atoms with Crippen LogP contribution in [0.3, 0.4) is 0 Å². The SMILES string of the molecule is CC(C)CNC(=NCc1ccc([N+](=O)[O-])cc1)N1CCCC1. The minimum atomic E-state index is -0.382. The van der Waals surface area contributed by atoms with Gasteiger partial charge in [0.05, 0.1) is 11.5 Å². The van der Waals surface area contributed by atoms with Crippen LogP contribution in [0, 0.1) is 16.0 Å². The Morgan fingerprint density at radius 1 is 1.32 bits per heavy atom. The van der Waals surface area contributed by atoms with Gasteiger partial charge in [0.15, 0.2) is 5.96 Å². The Morgan fingerprint density at radius 2 is 1.95 bits per heavy atom. The number of nitrogens with one attached hydrogen (secondary N) is 1. The molecule has 1 fully saturated rings. The average Bonchev–Trinajstić information content (AvgIpc) is 3.01. The Hall–Kier alpha value is -2.11. The summed E-state index contributed by atoms with van der Waals surface area (Å²) in [7, 11) is 0. The number of likely N-dealkylation sites (tertiary alicyclic amines) is 1. The van der Waals surface area contributed by atoms with E-state index >= 15 is 0 Å². The van der Waals surface area contributed by atoms with Crippen LogP contribution in [0.15, 0.2) is 29.3 Å². The number of guanidine groups is 1. The van der Waals surface area contributed by atoms with Crippen LogP contribution in [0.1, 0.15) is 32.3 Å². The van der Waals surface area contributed by atoms with Gasteiger partial charge < -0.3 is 10.2 Å². The topological polar surface area (TPSA) is 70.8 Å². The van der Waals surface area contributed by atoms with Crippen LogP contribution in [-0.4, -0.2) is 35.4 Å². The number of aliphatic imine (C=N–C) groups is 1. The number of hydrogen-bond acceptors (Lipinski definition) is 3. The van der Waals surface area contributed by atoms with Crippen LogP contribution in [0.5, 0.6) is 0 Å². The molecular weight excluding hydrogens is 280 g/mol. The van der Waals surface area contributed by atoms with Crippen molar-refractivity contribution in [2.24, 2.45) is 10.9 Å². The smallest absolute Gasteiger partial charge is 0.269 e. The Morgan fingerprint density at radius 3 is 2.50 bits per heavy atom. The monoisotopic (exact) mass is 304 g/mol. The van der Waals surface area contributed by atoms with E-state index in [0.717, 1.165) is 31.2 Å². The minimum Gasteiger partial charge on any atom is -0.356 e. The lowest BCUT2D eigenvalue weighted by Crippen LogP contribution is -2.41. The van der Waals surface area contributed by atoms with E-state index in [2.05, 4.69) is 29.1 Å². The summed E-state index contributed by atoms with van der Waals surface area (Å²) >= 11 is 0. The maximum atomic E-state index is 10.7. The van der Waals surface area contributed by atoms with Gasteiger partial charge in [-0.25, -0.2) is 4.99 Å². The van der Waals surface area contributed by atoms with Crippen LogP contribution in [-0.2, 0) is 6.54 Å². The van der Waals surface area contributed by atoms with Crippen molar-refractivity contribution in [3.8, 4) is 0 Å². The zero-order valence-corrected chi connectivity index (χ0v) is 13.3. The van der Waals surface area contributed by atoms with Gasteiger partial charge in [-0.1, -0.05) is 26.0 Å². The Labute approximate surface area is 131 Å². The molecular formula is C16H24N4O2. The third-order valence-electron chi connectivity index (χ3n) is 3.63. The summed E-state index contributed by atoms with van der Waals surface area (Å²) < 4.78 is 0. The number of nitro groups is 1. The maximum Gasteiger partial charge on any atom is 0.269 e. The summed E-state index contributed by atoms with van der Waals surface area (Å²) in [5.41, 5.74) is 1.10. The summed E-state index contributed by atoms with van der Waals surface area (Å²) in [4.78, 5) is 17.3. The van der Waals surface area contributed by atoms with Crippen molar-refractivity contribution in [1.82, 2.24) is 10.2 Å². The first-order valence-corrected chi connectivity index (χ1v) is 7.83. The molecule has 1 N–H and O–H groups in total. The molecule has 0 saturated carbocycles. The minimum absolute atomic E-state index is 0.116. The Bertz CT molecular complexity index is 519. The molecule has 6 nitrogen and oxygen atoms in total. The largest absolute Gasteiger partial charge is 0.356 e. The van der Waals surface area contributed by atoms with E-state index in [9.17, 15) is 10.1 Å². The highest BCUT2D eigenvalue weighted by molar-refractivity contribution is 5.80. The first kappa shape index (κ1) is 16.3. The molecule has 0 amide bonds. The van der Waals surface area contributed by atoms with Crippen LogP contribution in [0.25, 0.3) is 0 Å². The fourth-order valence-electron chi connectivity index (χ4n) is 2.38. The zero-order chi connectivity index (χ0) is 15.9. The molecule has 1 aromatic rings. The lowest BCUT2D eigenvalue weighted by Gasteiger charge is -2.22. The molecule has 0 bridgehead atoms. The van der Waals surface area contributed by atoms with E-state index < -0.39 is 0 Å². The molecule has 0 unspecified atom stereocenters. The Balaban J connectivity index is 2.02. The highest BCUT2D eigenvalue weighted by atomic mass is 16.6. The first-order valence-electron chi connectivity index (χ1n) is 7.83. The first-order chi connectivity index (χ1) is 10.6. The van der Waals surface area contributed by atoms with Gasteiger partial charge in [0.1, 0.15) is 0 Å². The summed E-state index contributed by atoms with van der Waals surface area (Å²) in [6, 6.07) is 6.60. The van der Waals surface area contributed by atoms with Crippen LogP contribution in [0.2, 0.25) is 0 Å². The van der Waals surface area contributed by atoms with Crippen LogP contribution >= 0.6 is 0 Å². The fraction of sp³-hybridized carbons (Fsp3) is 0.562. The molecule has 0 aliphatic carbocycles. The predicted octanol–water partition coefficient (Wildman–Crippen LogP) is 2.79. The second-order valence-electron chi connectivity index (χ2n) is 6.03. The van der Waals surface area contributed by atoms with Gasteiger partial charge in [0, 0.05) is 31.8 Å². The van der Waals surface area contributed by atoms with Gasteiger partial charge in [-0.15, -0.1) is 0 Å². The van der Waals surface area contributed by atoms with Gasteiger partial charge in [-0.05, 0) is 24.3 Å². The van der Waals surface area contributed by atoms with Crippen molar-refractivity contribution in [2.75, 3.05) is 19.6 Å². The van der Waals surface area contributed by atoms with E-state index in [0.29, 0.717) is 12.5 Å². The maximum absolute atomic E-state index is 10.7. The number of benzene rings is 1. The van der Waals surface area contributed by atoms with E-state index in [-0.39, 0.29) is 10.6 Å². The fourth-order valence-corrected chi connectivity index (χ4v) is 2.38. The van der Waals surface area contributed by atoms with E-state index in [1.54, 1.807) is 12.1 Å². The van der Waals surface area contributed by atoms with Crippen molar-refractivity contribution in [2.45, 2.75) is 33.2 Å². The summed E-state index contributed by atoms with van der Waals surface area (Å²) in [5.74, 6) is 1.51. The third-order valence-corrected chi connectivity index (χ3v) is 3.63.